The summed E-state index contributed by atoms with van der Waals surface area (Å²) in [7, 11) is 2.15. The fraction of sp³-hybridized carbons (Fsp3) is 0.476. The van der Waals surface area contributed by atoms with Crippen LogP contribution in [0, 0.1) is 0 Å². The fourth-order valence-corrected chi connectivity index (χ4v) is 3.24. The summed E-state index contributed by atoms with van der Waals surface area (Å²) in [5, 5.41) is 0. The predicted octanol–water partition coefficient (Wildman–Crippen LogP) is 3.36. The molecule has 4 nitrogen and oxygen atoms in total. The number of fused-ring (bicyclic) bond motifs is 1. The van der Waals surface area contributed by atoms with E-state index >= 15 is 0 Å². The van der Waals surface area contributed by atoms with Crippen molar-refractivity contribution in [2.45, 2.75) is 32.9 Å². The Morgan fingerprint density at radius 3 is 2.96 bits per heavy atom. The lowest BCUT2D eigenvalue weighted by Crippen LogP contribution is -2.30. The van der Waals surface area contributed by atoms with Gasteiger partial charge in [0.05, 0.1) is 6.61 Å². The molecule has 2 aromatic rings. The first-order chi connectivity index (χ1) is 12.2. The van der Waals surface area contributed by atoms with Crippen molar-refractivity contribution < 1.29 is 4.74 Å². The molecule has 0 bridgehead atoms. The lowest BCUT2D eigenvalue weighted by Gasteiger charge is -2.29. The van der Waals surface area contributed by atoms with E-state index in [1.165, 1.54) is 16.7 Å². The molecule has 0 unspecified atom stereocenters. The largest absolute Gasteiger partial charge is 0.494 e. The second-order valence-electron chi connectivity index (χ2n) is 6.85. The van der Waals surface area contributed by atoms with Gasteiger partial charge in [-0.1, -0.05) is 19.1 Å². The van der Waals surface area contributed by atoms with Crippen LogP contribution in [0.3, 0.4) is 0 Å². The van der Waals surface area contributed by atoms with Gasteiger partial charge < -0.3 is 9.64 Å². The molecule has 0 saturated carbocycles. The molecule has 1 aliphatic heterocycles. The van der Waals surface area contributed by atoms with Gasteiger partial charge in [0, 0.05) is 38.6 Å². The third-order valence-corrected chi connectivity index (χ3v) is 4.89. The summed E-state index contributed by atoms with van der Waals surface area (Å²) in [6.07, 6.45) is 5.95. The summed E-state index contributed by atoms with van der Waals surface area (Å²) in [5.74, 6) is 1.01. The first kappa shape index (κ1) is 17.9. The Kier molecular flexibility index (Phi) is 6.42. The van der Waals surface area contributed by atoms with Gasteiger partial charge in [0.25, 0.3) is 0 Å². The minimum absolute atomic E-state index is 0.788. The zero-order valence-corrected chi connectivity index (χ0v) is 15.4. The predicted molar refractivity (Wildman–Crippen MR) is 102 cm³/mol. The summed E-state index contributed by atoms with van der Waals surface area (Å²) >= 11 is 0. The van der Waals surface area contributed by atoms with Gasteiger partial charge >= 0.3 is 0 Å². The Hall–Kier alpha value is -1.91. The van der Waals surface area contributed by atoms with E-state index in [-0.39, 0.29) is 0 Å². The van der Waals surface area contributed by atoms with Gasteiger partial charge in [-0.15, -0.1) is 0 Å². The number of nitrogens with zero attached hydrogens (tertiary/aromatic N) is 3. The van der Waals surface area contributed by atoms with E-state index in [0.29, 0.717) is 0 Å². The molecule has 0 atom stereocenters. The Balaban J connectivity index is 1.51. The molecule has 1 aromatic heterocycles. The summed E-state index contributed by atoms with van der Waals surface area (Å²) < 4.78 is 5.94. The quantitative estimate of drug-likeness (QED) is 0.690. The van der Waals surface area contributed by atoms with Crippen LogP contribution in [0.1, 0.15) is 30.0 Å². The molecule has 0 radical (unpaired) electrons. The molecule has 134 valence electrons. The van der Waals surface area contributed by atoms with Crippen molar-refractivity contribution in [3.05, 3.63) is 59.4 Å². The Morgan fingerprint density at radius 1 is 1.24 bits per heavy atom. The van der Waals surface area contributed by atoms with E-state index < -0.39 is 0 Å². The number of hydrogen-bond donors (Lipinski definition) is 0. The van der Waals surface area contributed by atoms with Crippen LogP contribution in [0.15, 0.2) is 42.7 Å². The maximum Gasteiger partial charge on any atom is 0.119 e. The third-order valence-electron chi connectivity index (χ3n) is 4.89. The first-order valence-corrected chi connectivity index (χ1v) is 9.29. The minimum atomic E-state index is 0.788. The van der Waals surface area contributed by atoms with Gasteiger partial charge in [-0.3, -0.25) is 9.88 Å². The maximum absolute atomic E-state index is 5.94. The van der Waals surface area contributed by atoms with Crippen LogP contribution in [0.25, 0.3) is 0 Å². The summed E-state index contributed by atoms with van der Waals surface area (Å²) in [4.78, 5) is 9.01. The van der Waals surface area contributed by atoms with Crippen LogP contribution in [0.2, 0.25) is 0 Å². The molecule has 0 fully saturated rings. The SMILES string of the molecule is CCN(C)CCCOc1ccc2c(c1)CCN(Cc1cccnc1)C2. The highest BCUT2D eigenvalue weighted by molar-refractivity contribution is 5.37. The van der Waals surface area contributed by atoms with E-state index in [0.717, 1.165) is 57.9 Å². The zero-order valence-electron chi connectivity index (χ0n) is 15.4. The van der Waals surface area contributed by atoms with Crippen LogP contribution < -0.4 is 4.74 Å². The molecule has 0 spiro atoms. The third kappa shape index (κ3) is 5.28. The number of ether oxygens (including phenoxy) is 1. The topological polar surface area (TPSA) is 28.6 Å². The van der Waals surface area contributed by atoms with Crippen molar-refractivity contribution in [1.82, 2.24) is 14.8 Å². The number of pyridine rings is 1. The van der Waals surface area contributed by atoms with E-state index in [2.05, 4.69) is 53.0 Å². The molecule has 25 heavy (non-hydrogen) atoms. The second-order valence-corrected chi connectivity index (χ2v) is 6.85. The van der Waals surface area contributed by atoms with Gasteiger partial charge in [0.15, 0.2) is 0 Å². The Morgan fingerprint density at radius 2 is 2.16 bits per heavy atom. The molecular formula is C21H29N3O. The highest BCUT2D eigenvalue weighted by atomic mass is 16.5. The molecule has 0 saturated heterocycles. The average molecular weight is 339 g/mol. The van der Waals surface area contributed by atoms with Gasteiger partial charge in [0.2, 0.25) is 0 Å². The molecule has 0 N–H and O–H groups in total. The molecule has 3 rings (SSSR count). The molecule has 4 heteroatoms. The molecule has 1 aromatic carbocycles. The van der Waals surface area contributed by atoms with E-state index in [4.69, 9.17) is 4.74 Å². The monoisotopic (exact) mass is 339 g/mol. The smallest absolute Gasteiger partial charge is 0.119 e. The lowest BCUT2D eigenvalue weighted by atomic mass is 9.99. The minimum Gasteiger partial charge on any atom is -0.494 e. The van der Waals surface area contributed by atoms with Gasteiger partial charge in [0.1, 0.15) is 5.75 Å². The van der Waals surface area contributed by atoms with Gasteiger partial charge in [-0.25, -0.2) is 0 Å². The number of benzene rings is 1. The molecule has 0 amide bonds. The van der Waals surface area contributed by atoms with E-state index in [9.17, 15) is 0 Å². The summed E-state index contributed by atoms with van der Waals surface area (Å²) in [5.41, 5.74) is 4.14. The number of rotatable bonds is 8. The molecule has 2 heterocycles. The van der Waals surface area contributed by atoms with Crippen molar-refractivity contribution in [1.29, 1.82) is 0 Å². The molecule has 1 aliphatic rings. The van der Waals surface area contributed by atoms with Crippen molar-refractivity contribution in [3.8, 4) is 5.75 Å². The Labute approximate surface area is 151 Å². The maximum atomic E-state index is 5.94. The number of hydrogen-bond acceptors (Lipinski definition) is 4. The van der Waals surface area contributed by atoms with Gasteiger partial charge in [-0.05, 0) is 61.3 Å². The first-order valence-electron chi connectivity index (χ1n) is 9.29. The van der Waals surface area contributed by atoms with Crippen LogP contribution >= 0.6 is 0 Å². The average Bonchev–Trinajstić information content (AvgIpc) is 2.66. The van der Waals surface area contributed by atoms with Crippen molar-refractivity contribution in [2.75, 3.05) is 33.3 Å². The summed E-state index contributed by atoms with van der Waals surface area (Å²) in [6, 6.07) is 10.7. The Bertz CT molecular complexity index is 659. The van der Waals surface area contributed by atoms with Gasteiger partial charge in [-0.2, -0.15) is 0 Å². The highest BCUT2D eigenvalue weighted by Gasteiger charge is 2.17. The fourth-order valence-electron chi connectivity index (χ4n) is 3.24. The van der Waals surface area contributed by atoms with Crippen molar-refractivity contribution >= 4 is 0 Å². The molecule has 0 aliphatic carbocycles. The highest BCUT2D eigenvalue weighted by Crippen LogP contribution is 2.24. The normalized spacial score (nSPS) is 14.5. The van der Waals surface area contributed by atoms with Crippen LogP contribution in [-0.4, -0.2) is 48.1 Å². The standard InChI is InChI=1S/C21H29N3O/c1-3-23(2)11-5-13-25-21-8-7-20-17-24(12-9-19(20)14-21)16-18-6-4-10-22-15-18/h4,6-8,10,14-15H,3,5,9,11-13,16-17H2,1-2H3. The van der Waals surface area contributed by atoms with Crippen LogP contribution in [-0.2, 0) is 19.5 Å². The van der Waals surface area contributed by atoms with Crippen molar-refractivity contribution in [3.63, 3.8) is 0 Å². The van der Waals surface area contributed by atoms with Crippen molar-refractivity contribution in [2.24, 2.45) is 0 Å². The molecular weight excluding hydrogens is 310 g/mol. The summed E-state index contributed by atoms with van der Waals surface area (Å²) in [6.45, 7) is 8.21. The van der Waals surface area contributed by atoms with E-state index in [1.807, 2.05) is 18.5 Å². The zero-order chi connectivity index (χ0) is 17.5. The second kappa shape index (κ2) is 8.97. The van der Waals surface area contributed by atoms with Crippen LogP contribution in [0.4, 0.5) is 0 Å². The number of aromatic nitrogens is 1. The lowest BCUT2D eigenvalue weighted by molar-refractivity contribution is 0.243. The van der Waals surface area contributed by atoms with Crippen LogP contribution in [0.5, 0.6) is 5.75 Å². The van der Waals surface area contributed by atoms with E-state index in [1.54, 1.807) is 0 Å².